The molecule has 2 heterocycles. The maximum Gasteiger partial charge on any atom is 0.263 e. The van der Waals surface area contributed by atoms with E-state index in [2.05, 4.69) is 21.8 Å². The van der Waals surface area contributed by atoms with Crippen molar-refractivity contribution in [1.29, 1.82) is 0 Å². The van der Waals surface area contributed by atoms with Gasteiger partial charge in [-0.15, -0.1) is 0 Å². The van der Waals surface area contributed by atoms with Crippen LogP contribution in [0.25, 0.3) is 0 Å². The molecular weight excluding hydrogens is 556 g/mol. The van der Waals surface area contributed by atoms with Crippen LogP contribution in [0.1, 0.15) is 73.9 Å². The number of carbonyl (C=O) groups is 1. The lowest BCUT2D eigenvalue weighted by Crippen LogP contribution is -2.49. The standard InChI is InChI=1S/C33H41ClN2O4S/c1-21(2)31-8-4-3-7-29(37)26-12-9-24(26)18-36-19-33(15-5-6-22-16-25(34)11-13-27(22)33)20-40-30-14-10-23(17-28(30)36)32(38)35-41(31)39/h3-4,10-11,13-14,16-17,21,24,26,29,31,37H,5-9,12,15,18-20H2,1-2H3,(H,35,38)/b4-3+/t24-,26+,29+,31-,33-,41?/m0/s1. The van der Waals surface area contributed by atoms with Gasteiger partial charge in [-0.2, -0.15) is 0 Å². The van der Waals surface area contributed by atoms with Crippen LogP contribution in [0.4, 0.5) is 5.69 Å². The molecule has 0 radical (unpaired) electrons. The molecule has 1 fully saturated rings. The van der Waals surface area contributed by atoms with Crippen molar-refractivity contribution >= 4 is 34.2 Å². The van der Waals surface area contributed by atoms with Gasteiger partial charge in [-0.25, -0.2) is 4.21 Å². The fourth-order valence-electron chi connectivity index (χ4n) is 7.34. The predicted octanol–water partition coefficient (Wildman–Crippen LogP) is 5.97. The molecule has 2 aliphatic carbocycles. The minimum atomic E-state index is -1.54. The topological polar surface area (TPSA) is 78.9 Å². The molecule has 0 saturated heterocycles. The molecule has 2 bridgehead atoms. The van der Waals surface area contributed by atoms with Gasteiger partial charge in [0.05, 0.1) is 23.6 Å². The summed E-state index contributed by atoms with van der Waals surface area (Å²) in [5, 5.41) is 11.7. The molecule has 1 amide bonds. The molecule has 6 nitrogen and oxygen atoms in total. The van der Waals surface area contributed by atoms with Crippen LogP contribution in [0.5, 0.6) is 5.75 Å². The molecule has 2 aliphatic heterocycles. The molecular formula is C33H41ClN2O4S. The number of aryl methyl sites for hydroxylation is 1. The molecule has 41 heavy (non-hydrogen) atoms. The summed E-state index contributed by atoms with van der Waals surface area (Å²) >= 11 is 6.40. The quantitative estimate of drug-likeness (QED) is 0.397. The molecule has 1 spiro atoms. The molecule has 220 valence electrons. The van der Waals surface area contributed by atoms with Crippen molar-refractivity contribution in [3.8, 4) is 5.75 Å². The van der Waals surface area contributed by atoms with E-state index < -0.39 is 17.1 Å². The van der Waals surface area contributed by atoms with Crippen molar-refractivity contribution in [1.82, 2.24) is 4.72 Å². The summed E-state index contributed by atoms with van der Waals surface area (Å²) in [7, 11) is -1.54. The Balaban J connectivity index is 1.40. The average Bonchev–Trinajstić information content (AvgIpc) is 3.07. The Kier molecular flexibility index (Phi) is 8.23. The van der Waals surface area contributed by atoms with E-state index in [0.29, 0.717) is 30.9 Å². The molecule has 8 heteroatoms. The molecule has 1 unspecified atom stereocenters. The monoisotopic (exact) mass is 596 g/mol. The van der Waals surface area contributed by atoms with E-state index >= 15 is 0 Å². The van der Waals surface area contributed by atoms with Crippen LogP contribution in [0.3, 0.4) is 0 Å². The second-order valence-electron chi connectivity index (χ2n) is 12.8. The SMILES string of the molecule is CC(C)[C@@H]1C/C=C/C[C@@H](O)[C@@H]2CC[C@H]2CN2C[C@@]3(CCCc4cc(Cl)ccc43)COc3ccc(cc32)C(=O)NS1=O. The number of fused-ring (bicyclic) bond motifs is 4. The number of halogens is 1. The molecule has 2 N–H and O–H groups in total. The molecule has 1 saturated carbocycles. The number of hydrogen-bond acceptors (Lipinski definition) is 5. The Bertz CT molecular complexity index is 1360. The Morgan fingerprint density at radius 1 is 1.15 bits per heavy atom. The van der Waals surface area contributed by atoms with Crippen molar-refractivity contribution in [2.45, 2.75) is 75.6 Å². The van der Waals surface area contributed by atoms with E-state index in [4.69, 9.17) is 16.3 Å². The minimum Gasteiger partial charge on any atom is -0.490 e. The number of benzene rings is 2. The number of rotatable bonds is 1. The van der Waals surface area contributed by atoms with Crippen molar-refractivity contribution < 1.29 is 18.8 Å². The maximum absolute atomic E-state index is 13.4. The molecule has 6 rings (SSSR count). The van der Waals surface area contributed by atoms with Gasteiger partial charge in [-0.1, -0.05) is 43.7 Å². The number of allylic oxidation sites excluding steroid dienone is 1. The lowest BCUT2D eigenvalue weighted by Gasteiger charge is -2.45. The van der Waals surface area contributed by atoms with E-state index in [1.54, 1.807) is 6.07 Å². The molecule has 2 aromatic carbocycles. The largest absolute Gasteiger partial charge is 0.490 e. The Labute approximate surface area is 251 Å². The average molecular weight is 597 g/mol. The summed E-state index contributed by atoms with van der Waals surface area (Å²) in [6.07, 6.45) is 10.0. The van der Waals surface area contributed by atoms with Crippen LogP contribution in [-0.2, 0) is 22.8 Å². The number of nitrogens with zero attached hydrogens (tertiary/aromatic N) is 1. The zero-order valence-corrected chi connectivity index (χ0v) is 25.6. The van der Waals surface area contributed by atoms with Gasteiger partial charge in [0, 0.05) is 29.1 Å². The molecule has 6 atom stereocenters. The summed E-state index contributed by atoms with van der Waals surface area (Å²) < 4.78 is 22.6. The number of aliphatic hydroxyl groups excluding tert-OH is 1. The van der Waals surface area contributed by atoms with Crippen LogP contribution in [-0.4, -0.2) is 46.3 Å². The van der Waals surface area contributed by atoms with Gasteiger partial charge >= 0.3 is 0 Å². The Morgan fingerprint density at radius 3 is 2.76 bits per heavy atom. The highest BCUT2D eigenvalue weighted by Gasteiger charge is 2.44. The van der Waals surface area contributed by atoms with Gasteiger partial charge in [0.2, 0.25) is 0 Å². The summed E-state index contributed by atoms with van der Waals surface area (Å²) in [5.41, 5.74) is 3.77. The fraction of sp³-hybridized carbons (Fsp3) is 0.545. The number of hydrogen-bond donors (Lipinski definition) is 2. The third-order valence-corrected chi connectivity index (χ3v) is 11.8. The number of anilines is 1. The molecule has 4 aliphatic rings. The van der Waals surface area contributed by atoms with Gasteiger partial charge < -0.3 is 14.7 Å². The van der Waals surface area contributed by atoms with Gasteiger partial charge in [-0.3, -0.25) is 9.52 Å². The highest BCUT2D eigenvalue weighted by molar-refractivity contribution is 7.84. The number of nitrogens with one attached hydrogen (secondary N) is 1. The van der Waals surface area contributed by atoms with E-state index in [1.807, 2.05) is 44.2 Å². The smallest absolute Gasteiger partial charge is 0.263 e. The zero-order valence-electron chi connectivity index (χ0n) is 24.0. The Morgan fingerprint density at radius 2 is 1.98 bits per heavy atom. The zero-order chi connectivity index (χ0) is 28.7. The van der Waals surface area contributed by atoms with Crippen molar-refractivity contribution in [2.24, 2.45) is 17.8 Å². The second kappa shape index (κ2) is 11.7. The van der Waals surface area contributed by atoms with Crippen LogP contribution < -0.4 is 14.4 Å². The highest BCUT2D eigenvalue weighted by atomic mass is 35.5. The van der Waals surface area contributed by atoms with Crippen molar-refractivity contribution in [2.75, 3.05) is 24.6 Å². The highest BCUT2D eigenvalue weighted by Crippen LogP contribution is 2.46. The molecule has 0 aromatic heterocycles. The molecule has 2 aromatic rings. The normalized spacial score (nSPS) is 32.7. The number of ether oxygens (including phenoxy) is 1. The number of amides is 1. The lowest BCUT2D eigenvalue weighted by atomic mass is 9.68. The minimum absolute atomic E-state index is 0.126. The van der Waals surface area contributed by atoms with Gasteiger partial charge in [0.1, 0.15) is 16.7 Å². The first kappa shape index (κ1) is 28.8. The predicted molar refractivity (Wildman–Crippen MR) is 165 cm³/mol. The Hall–Kier alpha value is -2.35. The summed E-state index contributed by atoms with van der Waals surface area (Å²) in [4.78, 5) is 15.8. The van der Waals surface area contributed by atoms with E-state index in [1.165, 1.54) is 11.1 Å². The van der Waals surface area contributed by atoms with Gasteiger partial charge in [0.25, 0.3) is 5.91 Å². The van der Waals surface area contributed by atoms with E-state index in [9.17, 15) is 14.1 Å². The second-order valence-corrected chi connectivity index (χ2v) is 14.7. The maximum atomic E-state index is 13.4. The summed E-state index contributed by atoms with van der Waals surface area (Å²) in [6, 6.07) is 11.8. The first-order chi connectivity index (χ1) is 19.7. The van der Waals surface area contributed by atoms with E-state index in [0.717, 1.165) is 61.7 Å². The first-order valence-electron chi connectivity index (χ1n) is 15.1. The third-order valence-electron chi connectivity index (χ3n) is 9.85. The third kappa shape index (κ3) is 5.70. The number of carbonyl (C=O) groups excluding carboxylic acids is 1. The van der Waals surface area contributed by atoms with Crippen LogP contribution in [0.15, 0.2) is 48.6 Å². The van der Waals surface area contributed by atoms with E-state index in [-0.39, 0.29) is 28.4 Å². The number of aliphatic hydroxyl groups is 1. The van der Waals surface area contributed by atoms with Crippen LogP contribution in [0, 0.1) is 17.8 Å². The van der Waals surface area contributed by atoms with Crippen molar-refractivity contribution in [3.63, 3.8) is 0 Å². The van der Waals surface area contributed by atoms with Gasteiger partial charge in [-0.05, 0) is 104 Å². The van der Waals surface area contributed by atoms with Crippen LogP contribution in [0.2, 0.25) is 5.02 Å². The summed E-state index contributed by atoms with van der Waals surface area (Å²) in [6.45, 7) is 6.16. The fourth-order valence-corrected chi connectivity index (χ4v) is 8.77. The van der Waals surface area contributed by atoms with Crippen molar-refractivity contribution in [3.05, 3.63) is 70.3 Å². The van der Waals surface area contributed by atoms with Crippen LogP contribution >= 0.6 is 11.6 Å². The van der Waals surface area contributed by atoms with Gasteiger partial charge in [0.15, 0.2) is 0 Å². The first-order valence-corrected chi connectivity index (χ1v) is 16.7. The lowest BCUT2D eigenvalue weighted by molar-refractivity contribution is 0.0177. The summed E-state index contributed by atoms with van der Waals surface area (Å²) in [5.74, 6) is 1.15.